The number of rotatable bonds is 5. The topological polar surface area (TPSA) is 83.4 Å². The number of carbonyl (C=O) groups is 3. The summed E-state index contributed by atoms with van der Waals surface area (Å²) in [5, 5.41) is 6.62. The molecule has 0 spiro atoms. The number of benzene rings is 2. The van der Waals surface area contributed by atoms with Gasteiger partial charge in [-0.1, -0.05) is 40.2 Å². The summed E-state index contributed by atoms with van der Waals surface area (Å²) >= 11 is 10.4. The molecule has 3 amide bonds. The second-order valence-electron chi connectivity index (χ2n) is 10.3. The molecule has 0 bridgehead atoms. The van der Waals surface area contributed by atoms with Crippen LogP contribution >= 0.6 is 39.5 Å². The number of carbonyl (C=O) groups excluding carboxylic acids is 3. The van der Waals surface area contributed by atoms with Gasteiger partial charge in [-0.3, -0.25) is 24.6 Å². The van der Waals surface area contributed by atoms with Gasteiger partial charge in [0.1, 0.15) is 10.6 Å². The van der Waals surface area contributed by atoms with E-state index in [4.69, 9.17) is 12.2 Å². The van der Waals surface area contributed by atoms with E-state index in [-0.39, 0.29) is 16.6 Å². The van der Waals surface area contributed by atoms with Crippen LogP contribution < -0.4 is 15.5 Å². The summed E-state index contributed by atoms with van der Waals surface area (Å²) in [7, 11) is 0. The number of nitrogens with one attached hydrogen (secondary N) is 2. The Hall–Kier alpha value is -3.86. The maximum atomic E-state index is 13.8. The van der Waals surface area contributed by atoms with Crippen molar-refractivity contribution in [3.63, 3.8) is 0 Å². The number of aryl methyl sites for hydroxylation is 2. The van der Waals surface area contributed by atoms with E-state index >= 15 is 0 Å². The molecule has 0 radical (unpaired) electrons. The first kappa shape index (κ1) is 28.3. The van der Waals surface area contributed by atoms with Crippen LogP contribution in [0.4, 0.5) is 11.4 Å². The van der Waals surface area contributed by atoms with Crippen LogP contribution in [-0.4, -0.2) is 27.4 Å². The van der Waals surface area contributed by atoms with E-state index in [1.807, 2.05) is 56.3 Å². The Kier molecular flexibility index (Phi) is 7.69. The molecule has 7 nitrogen and oxygen atoms in total. The van der Waals surface area contributed by atoms with Crippen molar-refractivity contribution in [1.82, 2.24) is 9.88 Å². The van der Waals surface area contributed by atoms with Crippen molar-refractivity contribution < 1.29 is 14.4 Å². The molecule has 1 aliphatic heterocycles. The summed E-state index contributed by atoms with van der Waals surface area (Å²) in [6, 6.07) is 18.6. The number of anilines is 2. The third-order valence-electron chi connectivity index (χ3n) is 7.55. The molecule has 212 valence electrons. The Morgan fingerprint density at radius 1 is 1.05 bits per heavy atom. The van der Waals surface area contributed by atoms with Crippen molar-refractivity contribution in [3.8, 4) is 5.00 Å². The molecule has 6 rings (SSSR count). The molecule has 1 saturated heterocycles. The van der Waals surface area contributed by atoms with Gasteiger partial charge in [-0.25, -0.2) is 0 Å². The third-order valence-corrected chi connectivity index (χ3v) is 9.61. The van der Waals surface area contributed by atoms with E-state index in [2.05, 4.69) is 31.1 Å². The molecule has 2 aromatic heterocycles. The first-order valence-electron chi connectivity index (χ1n) is 13.6. The van der Waals surface area contributed by atoms with E-state index in [0.717, 1.165) is 57.8 Å². The number of nitrogens with zero attached hydrogens (tertiary/aromatic N) is 2. The van der Waals surface area contributed by atoms with Gasteiger partial charge >= 0.3 is 0 Å². The SMILES string of the molecule is Cc1cc(/C=C2/C(=O)NC(=S)N(c3cccc(Br)c3)C2=O)c(C)n1-c1sc2c(c1C(=O)Nc1ccccc1)CCCC2. The molecular formula is C32H27BrN4O3S2. The minimum atomic E-state index is -0.546. The highest BCUT2D eigenvalue weighted by Crippen LogP contribution is 2.39. The van der Waals surface area contributed by atoms with Gasteiger partial charge < -0.3 is 9.88 Å². The fraction of sp³-hybridized carbons (Fsp3) is 0.188. The number of hydrogen-bond acceptors (Lipinski definition) is 5. The van der Waals surface area contributed by atoms with Gasteiger partial charge in [0.15, 0.2) is 5.11 Å². The van der Waals surface area contributed by atoms with Crippen LogP contribution in [0.3, 0.4) is 0 Å². The number of aromatic nitrogens is 1. The second-order valence-corrected chi connectivity index (χ2v) is 12.7. The van der Waals surface area contributed by atoms with Gasteiger partial charge in [0.05, 0.1) is 11.3 Å². The largest absolute Gasteiger partial charge is 0.322 e. The number of thiocarbonyl (C=S) groups is 1. The van der Waals surface area contributed by atoms with E-state index in [9.17, 15) is 14.4 Å². The molecule has 0 unspecified atom stereocenters. The Morgan fingerprint density at radius 2 is 1.81 bits per heavy atom. The molecule has 42 heavy (non-hydrogen) atoms. The maximum absolute atomic E-state index is 13.8. The summed E-state index contributed by atoms with van der Waals surface area (Å²) in [6.07, 6.45) is 5.56. The number of para-hydroxylation sites is 1. The van der Waals surface area contributed by atoms with E-state index in [0.29, 0.717) is 16.8 Å². The Bertz CT molecular complexity index is 1810. The lowest BCUT2D eigenvalue weighted by molar-refractivity contribution is -0.122. The molecule has 2 aliphatic rings. The lowest BCUT2D eigenvalue weighted by Crippen LogP contribution is -2.54. The highest BCUT2D eigenvalue weighted by molar-refractivity contribution is 9.10. The Morgan fingerprint density at radius 3 is 2.57 bits per heavy atom. The summed E-state index contributed by atoms with van der Waals surface area (Å²) in [5.41, 5.74) is 5.52. The smallest absolute Gasteiger partial charge is 0.270 e. The fourth-order valence-corrected chi connectivity index (χ4v) is 7.73. The fourth-order valence-electron chi connectivity index (χ4n) is 5.57. The summed E-state index contributed by atoms with van der Waals surface area (Å²) in [4.78, 5) is 42.9. The molecule has 4 aromatic rings. The van der Waals surface area contributed by atoms with Gasteiger partial charge in [-0.15, -0.1) is 11.3 Å². The van der Waals surface area contributed by atoms with Crippen LogP contribution in [0, 0.1) is 13.8 Å². The standard InChI is InChI=1S/C32H27BrN4O3S2/c1-18-15-20(16-25-28(38)35-32(41)37(30(25)40)23-12-8-9-21(33)17-23)19(2)36(18)31-27(24-13-6-7-14-26(24)42-31)29(39)34-22-10-4-3-5-11-22/h3-5,8-12,15-17H,6-7,13-14H2,1-2H3,(H,34,39)(H,35,38,41)/b25-16-. The minimum absolute atomic E-state index is 0.0173. The third kappa shape index (κ3) is 5.14. The van der Waals surface area contributed by atoms with Crippen LogP contribution in [0.1, 0.15) is 50.6 Å². The zero-order valence-electron chi connectivity index (χ0n) is 23.0. The lowest BCUT2D eigenvalue weighted by atomic mass is 9.95. The van der Waals surface area contributed by atoms with Gasteiger partial charge in [0.25, 0.3) is 17.7 Å². The molecule has 1 fully saturated rings. The van der Waals surface area contributed by atoms with Crippen molar-refractivity contribution in [2.75, 3.05) is 10.2 Å². The maximum Gasteiger partial charge on any atom is 0.270 e. The number of thiophene rings is 1. The van der Waals surface area contributed by atoms with E-state index < -0.39 is 11.8 Å². The van der Waals surface area contributed by atoms with Crippen LogP contribution in [0.15, 0.2) is 70.7 Å². The quantitative estimate of drug-likeness (QED) is 0.139. The predicted octanol–water partition coefficient (Wildman–Crippen LogP) is 6.88. The molecule has 2 N–H and O–H groups in total. The lowest BCUT2D eigenvalue weighted by Gasteiger charge is -2.29. The predicted molar refractivity (Wildman–Crippen MR) is 175 cm³/mol. The van der Waals surface area contributed by atoms with Crippen LogP contribution in [-0.2, 0) is 22.4 Å². The number of fused-ring (bicyclic) bond motifs is 1. The zero-order chi connectivity index (χ0) is 29.5. The first-order valence-corrected chi connectivity index (χ1v) is 15.6. The number of amides is 3. The molecule has 10 heteroatoms. The summed E-state index contributed by atoms with van der Waals surface area (Å²) < 4.78 is 2.85. The molecule has 3 heterocycles. The van der Waals surface area contributed by atoms with E-state index in [1.165, 1.54) is 9.78 Å². The Labute approximate surface area is 261 Å². The average Bonchev–Trinajstić information content (AvgIpc) is 3.47. The van der Waals surface area contributed by atoms with Crippen LogP contribution in [0.2, 0.25) is 0 Å². The minimum Gasteiger partial charge on any atom is -0.322 e. The van der Waals surface area contributed by atoms with Gasteiger partial charge in [0.2, 0.25) is 0 Å². The van der Waals surface area contributed by atoms with Crippen LogP contribution in [0.25, 0.3) is 11.1 Å². The highest BCUT2D eigenvalue weighted by atomic mass is 79.9. The van der Waals surface area contributed by atoms with Gasteiger partial charge in [0, 0.05) is 26.4 Å². The van der Waals surface area contributed by atoms with E-state index in [1.54, 1.807) is 35.6 Å². The van der Waals surface area contributed by atoms with Crippen molar-refractivity contribution in [2.45, 2.75) is 39.5 Å². The molecule has 0 saturated carbocycles. The van der Waals surface area contributed by atoms with Crippen molar-refractivity contribution in [1.29, 1.82) is 0 Å². The van der Waals surface area contributed by atoms with Crippen molar-refractivity contribution >= 4 is 79.8 Å². The average molecular weight is 660 g/mol. The van der Waals surface area contributed by atoms with Crippen LogP contribution in [0.5, 0.6) is 0 Å². The normalized spacial score (nSPS) is 16.0. The van der Waals surface area contributed by atoms with Gasteiger partial charge in [-0.2, -0.15) is 0 Å². The highest BCUT2D eigenvalue weighted by Gasteiger charge is 2.35. The van der Waals surface area contributed by atoms with Gasteiger partial charge in [-0.05, 0) is 105 Å². The van der Waals surface area contributed by atoms with Crippen molar-refractivity contribution in [2.24, 2.45) is 0 Å². The molecule has 2 aromatic carbocycles. The monoisotopic (exact) mass is 658 g/mol. The van der Waals surface area contributed by atoms with Crippen molar-refractivity contribution in [3.05, 3.63) is 104 Å². The molecule has 1 aliphatic carbocycles. The summed E-state index contributed by atoms with van der Waals surface area (Å²) in [6.45, 7) is 3.91. The first-order chi connectivity index (χ1) is 20.2. The number of hydrogen-bond donors (Lipinski definition) is 2. The molecule has 0 atom stereocenters. The second kappa shape index (κ2) is 11.4. The Balaban J connectivity index is 1.42. The summed E-state index contributed by atoms with van der Waals surface area (Å²) in [5.74, 6) is -1.18. The zero-order valence-corrected chi connectivity index (χ0v) is 26.2. The number of halogens is 1. The molecular weight excluding hydrogens is 632 g/mol.